The van der Waals surface area contributed by atoms with Gasteiger partial charge in [-0.2, -0.15) is 0 Å². The third-order valence-electron chi connectivity index (χ3n) is 4.91. The molecule has 4 rings (SSSR count). The van der Waals surface area contributed by atoms with E-state index in [0.717, 1.165) is 0 Å². The molecule has 0 aliphatic heterocycles. The van der Waals surface area contributed by atoms with E-state index < -0.39 is 12.1 Å². The summed E-state index contributed by atoms with van der Waals surface area (Å²) in [4.78, 5) is 16.7. The average molecular weight is 445 g/mol. The number of hydrogen-bond acceptors (Lipinski definition) is 3. The molecule has 3 aromatic rings. The number of pyridine rings is 1. The number of alkyl halides is 1. The zero-order valence-corrected chi connectivity index (χ0v) is 17.5. The maximum Gasteiger partial charge on any atom is 0.255 e. The SMILES string of the molecule is O=C(NCC(F)c1ccc(Cl)cc1Cl)c1ccncc1Oc1cccc(C2CC2)c1. The van der Waals surface area contributed by atoms with Crippen molar-refractivity contribution in [2.45, 2.75) is 24.9 Å². The normalized spacial score (nSPS) is 14.2. The van der Waals surface area contributed by atoms with E-state index in [1.807, 2.05) is 18.2 Å². The van der Waals surface area contributed by atoms with Gasteiger partial charge in [0.2, 0.25) is 0 Å². The summed E-state index contributed by atoms with van der Waals surface area (Å²) in [5.41, 5.74) is 1.77. The smallest absolute Gasteiger partial charge is 0.255 e. The number of rotatable bonds is 7. The minimum Gasteiger partial charge on any atom is -0.455 e. The second kappa shape index (κ2) is 9.02. The Morgan fingerprint density at radius 1 is 1.20 bits per heavy atom. The van der Waals surface area contributed by atoms with E-state index in [2.05, 4.69) is 16.4 Å². The number of nitrogens with one attached hydrogen (secondary N) is 1. The number of carbonyl (C=O) groups is 1. The summed E-state index contributed by atoms with van der Waals surface area (Å²) in [5, 5.41) is 3.23. The fraction of sp³-hybridized carbons (Fsp3) is 0.217. The Balaban J connectivity index is 1.45. The summed E-state index contributed by atoms with van der Waals surface area (Å²) in [7, 11) is 0. The van der Waals surface area contributed by atoms with Crippen LogP contribution in [0.3, 0.4) is 0 Å². The van der Waals surface area contributed by atoms with Crippen LogP contribution in [0.5, 0.6) is 11.5 Å². The molecule has 1 unspecified atom stereocenters. The van der Waals surface area contributed by atoms with Crippen molar-refractivity contribution >= 4 is 29.1 Å². The maximum atomic E-state index is 14.6. The molecule has 1 aliphatic rings. The van der Waals surface area contributed by atoms with Crippen molar-refractivity contribution in [1.82, 2.24) is 10.3 Å². The molecule has 0 bridgehead atoms. The first kappa shape index (κ1) is 20.6. The van der Waals surface area contributed by atoms with E-state index in [4.69, 9.17) is 27.9 Å². The fourth-order valence-corrected chi connectivity index (χ4v) is 3.69. The summed E-state index contributed by atoms with van der Waals surface area (Å²) in [6.07, 6.45) is 3.87. The second-order valence-corrected chi connectivity index (χ2v) is 8.01. The lowest BCUT2D eigenvalue weighted by molar-refractivity contribution is 0.0939. The Kier molecular flexibility index (Phi) is 6.21. The van der Waals surface area contributed by atoms with E-state index in [-0.39, 0.29) is 22.7 Å². The zero-order valence-electron chi connectivity index (χ0n) is 15.9. The molecule has 1 atom stereocenters. The van der Waals surface area contributed by atoms with Gasteiger partial charge in [-0.3, -0.25) is 9.78 Å². The molecule has 154 valence electrons. The number of ether oxygens (including phenoxy) is 1. The highest BCUT2D eigenvalue weighted by Crippen LogP contribution is 2.41. The predicted molar refractivity (Wildman–Crippen MR) is 115 cm³/mol. The molecule has 0 saturated heterocycles. The number of hydrogen-bond donors (Lipinski definition) is 1. The van der Waals surface area contributed by atoms with Gasteiger partial charge in [-0.15, -0.1) is 0 Å². The van der Waals surface area contributed by atoms with E-state index in [0.29, 0.717) is 22.4 Å². The Bertz CT molecular complexity index is 1070. The zero-order chi connectivity index (χ0) is 21.1. The van der Waals surface area contributed by atoms with Crippen LogP contribution in [0.4, 0.5) is 4.39 Å². The summed E-state index contributed by atoms with van der Waals surface area (Å²) in [6.45, 7) is -0.237. The van der Waals surface area contributed by atoms with Crippen LogP contribution in [-0.4, -0.2) is 17.4 Å². The van der Waals surface area contributed by atoms with Crippen LogP contribution in [-0.2, 0) is 0 Å². The molecule has 30 heavy (non-hydrogen) atoms. The third-order valence-corrected chi connectivity index (χ3v) is 5.47. The number of amides is 1. The highest BCUT2D eigenvalue weighted by molar-refractivity contribution is 6.35. The van der Waals surface area contributed by atoms with E-state index in [9.17, 15) is 9.18 Å². The third kappa shape index (κ3) is 4.91. The molecule has 1 saturated carbocycles. The van der Waals surface area contributed by atoms with Crippen molar-refractivity contribution in [1.29, 1.82) is 0 Å². The van der Waals surface area contributed by atoms with Crippen molar-refractivity contribution < 1.29 is 13.9 Å². The first-order chi connectivity index (χ1) is 14.5. The number of aromatic nitrogens is 1. The monoisotopic (exact) mass is 444 g/mol. The van der Waals surface area contributed by atoms with Crippen LogP contribution in [0.25, 0.3) is 0 Å². The Hall–Kier alpha value is -2.63. The molecule has 1 amide bonds. The van der Waals surface area contributed by atoms with Gasteiger partial charge in [0.1, 0.15) is 11.9 Å². The first-order valence-corrected chi connectivity index (χ1v) is 10.4. The van der Waals surface area contributed by atoms with Crippen LogP contribution in [0.1, 0.15) is 46.4 Å². The van der Waals surface area contributed by atoms with Crippen molar-refractivity contribution in [3.05, 3.63) is 87.7 Å². The standard InChI is InChI=1S/C23H19Cl2FN2O2/c24-16-6-7-18(20(25)11-16)21(26)12-28-23(29)19-8-9-27-13-22(19)30-17-3-1-2-15(10-17)14-4-5-14/h1-3,6-11,13-14,21H,4-5,12H2,(H,28,29). The number of halogens is 3. The number of carbonyl (C=O) groups excluding carboxylic acids is 1. The maximum absolute atomic E-state index is 14.6. The summed E-state index contributed by atoms with van der Waals surface area (Å²) < 4.78 is 20.5. The second-order valence-electron chi connectivity index (χ2n) is 7.16. The lowest BCUT2D eigenvalue weighted by Crippen LogP contribution is -2.27. The highest BCUT2D eigenvalue weighted by Gasteiger charge is 2.24. The molecule has 1 aromatic heterocycles. The van der Waals surface area contributed by atoms with E-state index in [1.165, 1.54) is 49.0 Å². The van der Waals surface area contributed by atoms with Gasteiger partial charge in [0, 0.05) is 21.8 Å². The van der Waals surface area contributed by atoms with Crippen LogP contribution < -0.4 is 10.1 Å². The summed E-state index contributed by atoms with van der Waals surface area (Å²) in [5.74, 6) is 1.07. The van der Waals surface area contributed by atoms with Gasteiger partial charge in [0.15, 0.2) is 5.75 Å². The molecule has 1 aliphatic carbocycles. The van der Waals surface area contributed by atoms with Gasteiger partial charge in [-0.05, 0) is 54.7 Å². The Labute approximate surface area is 184 Å². The van der Waals surface area contributed by atoms with E-state index in [1.54, 1.807) is 6.07 Å². The molecule has 0 spiro atoms. The van der Waals surface area contributed by atoms with Crippen LogP contribution in [0, 0.1) is 0 Å². The minimum atomic E-state index is -1.47. The molecule has 1 heterocycles. The molecular weight excluding hydrogens is 426 g/mol. The Morgan fingerprint density at radius 3 is 2.80 bits per heavy atom. The van der Waals surface area contributed by atoms with Gasteiger partial charge >= 0.3 is 0 Å². The van der Waals surface area contributed by atoms with Crippen LogP contribution >= 0.6 is 23.2 Å². The van der Waals surface area contributed by atoms with E-state index >= 15 is 0 Å². The largest absolute Gasteiger partial charge is 0.455 e. The van der Waals surface area contributed by atoms with Gasteiger partial charge in [-0.1, -0.05) is 41.4 Å². The van der Waals surface area contributed by atoms with Crippen molar-refractivity contribution in [3.63, 3.8) is 0 Å². The average Bonchev–Trinajstić information content (AvgIpc) is 3.58. The summed E-state index contributed by atoms with van der Waals surface area (Å²) in [6, 6.07) is 13.9. The molecule has 7 heteroatoms. The topological polar surface area (TPSA) is 51.2 Å². The van der Waals surface area contributed by atoms with Crippen molar-refractivity contribution in [2.24, 2.45) is 0 Å². The van der Waals surface area contributed by atoms with Gasteiger partial charge in [0.05, 0.1) is 18.3 Å². The molecule has 4 nitrogen and oxygen atoms in total. The lowest BCUT2D eigenvalue weighted by Gasteiger charge is -2.14. The lowest BCUT2D eigenvalue weighted by atomic mass is 10.1. The number of benzene rings is 2. The predicted octanol–water partition coefficient (Wildman–Crippen LogP) is 6.50. The minimum absolute atomic E-state index is 0.215. The fourth-order valence-electron chi connectivity index (χ4n) is 3.17. The molecule has 0 radical (unpaired) electrons. The first-order valence-electron chi connectivity index (χ1n) is 9.60. The van der Waals surface area contributed by atoms with Crippen molar-refractivity contribution in [3.8, 4) is 11.5 Å². The van der Waals surface area contributed by atoms with Gasteiger partial charge in [0.25, 0.3) is 5.91 Å². The quantitative estimate of drug-likeness (QED) is 0.452. The molecule has 2 aromatic carbocycles. The Morgan fingerprint density at radius 2 is 2.03 bits per heavy atom. The molecular formula is C23H19Cl2FN2O2. The highest BCUT2D eigenvalue weighted by atomic mass is 35.5. The van der Waals surface area contributed by atoms with Crippen LogP contribution in [0.2, 0.25) is 10.0 Å². The molecule has 1 N–H and O–H groups in total. The molecule has 1 fully saturated rings. The van der Waals surface area contributed by atoms with Crippen molar-refractivity contribution in [2.75, 3.05) is 6.54 Å². The van der Waals surface area contributed by atoms with Crippen LogP contribution in [0.15, 0.2) is 60.9 Å². The van der Waals surface area contributed by atoms with Gasteiger partial charge < -0.3 is 10.1 Å². The van der Waals surface area contributed by atoms with Gasteiger partial charge in [-0.25, -0.2) is 4.39 Å². The number of nitrogens with zero attached hydrogens (tertiary/aromatic N) is 1. The summed E-state index contributed by atoms with van der Waals surface area (Å²) >= 11 is 11.9.